The van der Waals surface area contributed by atoms with Gasteiger partial charge in [-0.05, 0) is 35.7 Å². The van der Waals surface area contributed by atoms with Crippen molar-refractivity contribution in [3.8, 4) is 0 Å². The second-order valence-electron chi connectivity index (χ2n) is 6.29. The number of nitrogens with zero attached hydrogens (tertiary/aromatic N) is 3. The van der Waals surface area contributed by atoms with Crippen molar-refractivity contribution in [2.75, 3.05) is 5.32 Å². The van der Waals surface area contributed by atoms with Crippen molar-refractivity contribution in [3.05, 3.63) is 77.0 Å². The van der Waals surface area contributed by atoms with Gasteiger partial charge in [-0.3, -0.25) is 14.8 Å². The fourth-order valence-corrected chi connectivity index (χ4v) is 2.86. The molecule has 0 saturated heterocycles. The van der Waals surface area contributed by atoms with Crippen molar-refractivity contribution in [1.29, 1.82) is 0 Å². The monoisotopic (exact) mass is 381 g/mol. The van der Waals surface area contributed by atoms with Crippen molar-refractivity contribution >= 4 is 29.0 Å². The van der Waals surface area contributed by atoms with E-state index in [1.54, 1.807) is 36.9 Å². The molecule has 1 amide bonds. The lowest BCUT2D eigenvalue weighted by Crippen LogP contribution is -2.26. The zero-order valence-corrected chi connectivity index (χ0v) is 15.9. The highest BCUT2D eigenvalue weighted by molar-refractivity contribution is 6.30. The molecule has 0 unspecified atom stereocenters. The molecule has 138 valence electrons. The zero-order chi connectivity index (χ0) is 19.2. The van der Waals surface area contributed by atoms with Gasteiger partial charge in [0.1, 0.15) is 5.82 Å². The first kappa shape index (κ1) is 18.8. The van der Waals surface area contributed by atoms with E-state index in [2.05, 4.69) is 25.6 Å². The van der Waals surface area contributed by atoms with Crippen molar-refractivity contribution in [1.82, 2.24) is 20.3 Å². The number of halogens is 1. The Labute approximate surface area is 163 Å². The van der Waals surface area contributed by atoms with Gasteiger partial charge in [0.05, 0.1) is 24.0 Å². The highest BCUT2D eigenvalue weighted by Gasteiger charge is 2.20. The van der Waals surface area contributed by atoms with Crippen LogP contribution in [0.4, 0.5) is 11.5 Å². The highest BCUT2D eigenvalue weighted by atomic mass is 35.5. The number of pyridine rings is 1. The Hall–Kier alpha value is -2.99. The maximum atomic E-state index is 13.0. The molecule has 6 nitrogen and oxygen atoms in total. The normalized spacial score (nSPS) is 10.7. The van der Waals surface area contributed by atoms with Crippen LogP contribution in [-0.4, -0.2) is 20.9 Å². The molecule has 1 aromatic carbocycles. The minimum atomic E-state index is -0.220. The molecule has 0 saturated carbocycles. The third-order valence-electron chi connectivity index (χ3n) is 3.97. The van der Waals surface area contributed by atoms with E-state index in [1.165, 1.54) is 0 Å². The second-order valence-corrected chi connectivity index (χ2v) is 6.73. The van der Waals surface area contributed by atoms with Crippen LogP contribution in [0.2, 0.25) is 5.02 Å². The summed E-state index contributed by atoms with van der Waals surface area (Å²) in [5.74, 6) is 0.423. The van der Waals surface area contributed by atoms with Crippen LogP contribution < -0.4 is 10.6 Å². The molecule has 2 aromatic heterocycles. The molecule has 0 spiro atoms. The lowest BCUT2D eigenvalue weighted by molar-refractivity contribution is 0.0949. The summed E-state index contributed by atoms with van der Waals surface area (Å²) in [6.07, 6.45) is 6.51. The number of anilines is 2. The molecule has 0 aliphatic rings. The first-order valence-electron chi connectivity index (χ1n) is 8.59. The molecule has 3 rings (SSSR count). The fourth-order valence-electron chi connectivity index (χ4n) is 2.67. The van der Waals surface area contributed by atoms with Crippen LogP contribution in [0.15, 0.2) is 55.1 Å². The molecule has 3 aromatic rings. The average molecular weight is 382 g/mol. The van der Waals surface area contributed by atoms with E-state index in [1.807, 2.05) is 32.0 Å². The average Bonchev–Trinajstić information content (AvgIpc) is 2.67. The molecule has 0 aliphatic carbocycles. The van der Waals surface area contributed by atoms with E-state index in [4.69, 9.17) is 11.6 Å². The summed E-state index contributed by atoms with van der Waals surface area (Å²) in [7, 11) is 0. The summed E-state index contributed by atoms with van der Waals surface area (Å²) in [6.45, 7) is 4.37. The number of hydrogen-bond donors (Lipinski definition) is 2. The van der Waals surface area contributed by atoms with Crippen molar-refractivity contribution in [3.63, 3.8) is 0 Å². The maximum absolute atomic E-state index is 13.0. The van der Waals surface area contributed by atoms with Crippen LogP contribution in [-0.2, 0) is 6.54 Å². The molecule has 0 atom stereocenters. The van der Waals surface area contributed by atoms with Gasteiger partial charge in [0.25, 0.3) is 5.91 Å². The van der Waals surface area contributed by atoms with Gasteiger partial charge in [0.15, 0.2) is 0 Å². The van der Waals surface area contributed by atoms with Gasteiger partial charge in [0.2, 0.25) is 0 Å². The summed E-state index contributed by atoms with van der Waals surface area (Å²) in [4.78, 5) is 25.5. The van der Waals surface area contributed by atoms with Gasteiger partial charge in [0, 0.05) is 29.3 Å². The number of amides is 1. The standard InChI is InChI=1S/C20H20ClN5O/c1-13(2)17-6-7-24-19(26-15-5-3-4-14(21)10-15)18(17)20(27)25-12-16-11-22-8-9-23-16/h3-11,13H,12H2,1-2H3,(H,24,26)(H,25,27). The Morgan fingerprint density at radius 1 is 1.15 bits per heavy atom. The molecular formula is C20H20ClN5O. The molecule has 27 heavy (non-hydrogen) atoms. The Balaban J connectivity index is 1.90. The largest absolute Gasteiger partial charge is 0.346 e. The van der Waals surface area contributed by atoms with E-state index in [-0.39, 0.29) is 18.4 Å². The number of carbonyl (C=O) groups is 1. The predicted molar refractivity (Wildman–Crippen MR) is 106 cm³/mol. The van der Waals surface area contributed by atoms with Gasteiger partial charge in [-0.15, -0.1) is 0 Å². The first-order valence-corrected chi connectivity index (χ1v) is 8.97. The van der Waals surface area contributed by atoms with Gasteiger partial charge >= 0.3 is 0 Å². The number of carbonyl (C=O) groups excluding carboxylic acids is 1. The Kier molecular flexibility index (Phi) is 5.98. The van der Waals surface area contributed by atoms with Gasteiger partial charge in [-0.2, -0.15) is 0 Å². The summed E-state index contributed by atoms with van der Waals surface area (Å²) < 4.78 is 0. The van der Waals surface area contributed by atoms with Crippen molar-refractivity contribution < 1.29 is 4.79 Å². The summed E-state index contributed by atoms with van der Waals surface area (Å²) in [6, 6.07) is 9.15. The molecule has 0 fully saturated rings. The number of hydrogen-bond acceptors (Lipinski definition) is 5. The van der Waals surface area contributed by atoms with Crippen LogP contribution >= 0.6 is 11.6 Å². The van der Waals surface area contributed by atoms with E-state index >= 15 is 0 Å². The molecule has 2 N–H and O–H groups in total. The first-order chi connectivity index (χ1) is 13.0. The third kappa shape index (κ3) is 4.80. The van der Waals surface area contributed by atoms with Crippen molar-refractivity contribution in [2.45, 2.75) is 26.3 Å². The topological polar surface area (TPSA) is 79.8 Å². The molecule has 7 heteroatoms. The summed E-state index contributed by atoms with van der Waals surface area (Å²) in [5.41, 5.74) is 2.87. The van der Waals surface area contributed by atoms with Gasteiger partial charge < -0.3 is 10.6 Å². The number of nitrogens with one attached hydrogen (secondary N) is 2. The summed E-state index contributed by atoms with van der Waals surface area (Å²) >= 11 is 6.06. The Bertz CT molecular complexity index is 931. The van der Waals surface area contributed by atoms with Gasteiger partial charge in [-0.1, -0.05) is 31.5 Å². The second kappa shape index (κ2) is 8.60. The van der Waals surface area contributed by atoms with Crippen molar-refractivity contribution in [2.24, 2.45) is 0 Å². The van der Waals surface area contributed by atoms with E-state index in [0.717, 1.165) is 11.3 Å². The predicted octanol–water partition coefficient (Wildman–Crippen LogP) is 4.32. The highest BCUT2D eigenvalue weighted by Crippen LogP contribution is 2.27. The quantitative estimate of drug-likeness (QED) is 0.664. The van der Waals surface area contributed by atoms with Crippen LogP contribution in [0.25, 0.3) is 0 Å². The molecule has 0 aliphatic heterocycles. The van der Waals surface area contributed by atoms with E-state index < -0.39 is 0 Å². The van der Waals surface area contributed by atoms with Crippen LogP contribution in [0.3, 0.4) is 0 Å². The SMILES string of the molecule is CC(C)c1ccnc(Nc2cccc(Cl)c2)c1C(=O)NCc1cnccn1. The fraction of sp³-hybridized carbons (Fsp3) is 0.200. The summed E-state index contributed by atoms with van der Waals surface area (Å²) in [5, 5.41) is 6.71. The maximum Gasteiger partial charge on any atom is 0.255 e. The number of aromatic nitrogens is 3. The minimum absolute atomic E-state index is 0.158. The molecule has 2 heterocycles. The van der Waals surface area contributed by atoms with Crippen LogP contribution in [0.5, 0.6) is 0 Å². The minimum Gasteiger partial charge on any atom is -0.346 e. The Morgan fingerprint density at radius 3 is 2.70 bits per heavy atom. The van der Waals surface area contributed by atoms with E-state index in [9.17, 15) is 4.79 Å². The number of benzene rings is 1. The van der Waals surface area contributed by atoms with Crippen LogP contribution in [0.1, 0.15) is 41.4 Å². The zero-order valence-electron chi connectivity index (χ0n) is 15.1. The van der Waals surface area contributed by atoms with E-state index in [0.29, 0.717) is 22.1 Å². The molecule has 0 radical (unpaired) electrons. The lowest BCUT2D eigenvalue weighted by Gasteiger charge is -2.17. The smallest absolute Gasteiger partial charge is 0.255 e. The third-order valence-corrected chi connectivity index (χ3v) is 4.20. The Morgan fingerprint density at radius 2 is 2.00 bits per heavy atom. The molecular weight excluding hydrogens is 362 g/mol. The van der Waals surface area contributed by atoms with Gasteiger partial charge in [-0.25, -0.2) is 4.98 Å². The lowest BCUT2D eigenvalue weighted by atomic mass is 9.97. The number of rotatable bonds is 6. The van der Waals surface area contributed by atoms with Crippen LogP contribution in [0, 0.1) is 0 Å². The molecule has 0 bridgehead atoms.